The molecule has 0 bridgehead atoms. The van der Waals surface area contributed by atoms with Crippen LogP contribution < -0.4 is 16.0 Å². The summed E-state index contributed by atoms with van der Waals surface area (Å²) < 4.78 is 111. The maximum atomic E-state index is 14.2. The third-order valence-electron chi connectivity index (χ3n) is 6.39. The molecule has 1 aliphatic rings. The molecule has 0 unspecified atom stereocenters. The number of carboxylic acids is 3. The third kappa shape index (κ3) is 12.5. The molecule has 4 aromatic rings. The van der Waals surface area contributed by atoms with Crippen LogP contribution in [0.15, 0.2) is 55.1 Å². The Labute approximate surface area is 284 Å². The molecule has 284 valence electrons. The van der Waals surface area contributed by atoms with E-state index >= 15 is 0 Å². The number of carbonyl (C=O) groups is 3. The number of aliphatic carboxylic acids is 3. The average Bonchev–Trinajstić information content (AvgIpc) is 3.44. The number of pyridine rings is 2. The first kappa shape index (κ1) is 42.4. The summed E-state index contributed by atoms with van der Waals surface area (Å²) in [6.45, 7) is 2.99. The lowest BCUT2D eigenvalue weighted by Gasteiger charge is -2.39. The predicted octanol–water partition coefficient (Wildman–Crippen LogP) is 5.28. The van der Waals surface area contributed by atoms with Crippen LogP contribution in [-0.2, 0) is 14.4 Å². The molecule has 0 spiro atoms. The van der Waals surface area contributed by atoms with Crippen LogP contribution in [-0.4, -0.2) is 95.0 Å². The Kier molecular flexibility index (Phi) is 14.2. The number of hydrogen-bond donors (Lipinski definition) is 5. The van der Waals surface area contributed by atoms with Crippen molar-refractivity contribution in [3.63, 3.8) is 0 Å². The van der Waals surface area contributed by atoms with Gasteiger partial charge in [0.25, 0.3) is 0 Å². The highest BCUT2D eigenvalue weighted by molar-refractivity contribution is 5.75. The molecule has 52 heavy (non-hydrogen) atoms. The number of nitrogens with one attached hydrogen (secondary N) is 1. The number of nitrogens with two attached hydrogens (primary N) is 1. The lowest BCUT2D eigenvalue weighted by atomic mass is 9.99. The molecule has 0 radical (unpaired) electrons. The van der Waals surface area contributed by atoms with Crippen LogP contribution in [0.5, 0.6) is 0 Å². The van der Waals surface area contributed by atoms with Gasteiger partial charge in [-0.25, -0.2) is 23.8 Å². The van der Waals surface area contributed by atoms with Crippen molar-refractivity contribution >= 4 is 40.7 Å². The van der Waals surface area contributed by atoms with Crippen molar-refractivity contribution in [1.29, 1.82) is 0 Å². The summed E-state index contributed by atoms with van der Waals surface area (Å²) in [5.41, 5.74) is 9.46. The van der Waals surface area contributed by atoms with Gasteiger partial charge in [-0.2, -0.15) is 49.1 Å². The molecule has 2 atom stereocenters. The van der Waals surface area contributed by atoms with E-state index in [1.165, 1.54) is 6.07 Å². The van der Waals surface area contributed by atoms with Gasteiger partial charge in [-0.05, 0) is 50.1 Å². The van der Waals surface area contributed by atoms with Gasteiger partial charge in [0, 0.05) is 31.0 Å². The minimum Gasteiger partial charge on any atom is -0.475 e. The molecular weight excluding hydrogens is 734 g/mol. The number of hydrogen-bond acceptors (Lipinski definition) is 10. The number of alkyl halides is 9. The van der Waals surface area contributed by atoms with Crippen LogP contribution in [0.1, 0.15) is 19.8 Å². The van der Waals surface area contributed by atoms with E-state index in [1.54, 1.807) is 41.4 Å². The molecule has 1 fully saturated rings. The van der Waals surface area contributed by atoms with Crippen LogP contribution in [0.3, 0.4) is 0 Å². The lowest BCUT2D eigenvalue weighted by Crippen LogP contribution is -2.47. The first-order valence-electron chi connectivity index (χ1n) is 14.0. The number of piperidine rings is 1. The number of imidazole rings is 1. The Hall–Kier alpha value is -5.81. The van der Waals surface area contributed by atoms with Gasteiger partial charge in [0.1, 0.15) is 11.4 Å². The molecule has 0 aliphatic carbocycles. The quantitative estimate of drug-likeness (QED) is 0.168. The van der Waals surface area contributed by atoms with Gasteiger partial charge in [-0.3, -0.25) is 9.97 Å². The molecule has 5 heterocycles. The summed E-state index contributed by atoms with van der Waals surface area (Å²) in [5.74, 6) is -8.18. The van der Waals surface area contributed by atoms with Crippen molar-refractivity contribution in [2.24, 2.45) is 5.73 Å². The molecular formula is C28H26F10N8O6. The Morgan fingerprint density at radius 1 is 0.827 bits per heavy atom. The molecule has 4 aromatic heterocycles. The summed E-state index contributed by atoms with van der Waals surface area (Å²) >= 11 is 0. The summed E-state index contributed by atoms with van der Waals surface area (Å²) in [6, 6.07) is 8.99. The van der Waals surface area contributed by atoms with Crippen molar-refractivity contribution in [2.75, 3.05) is 16.8 Å². The number of carboxylic acid groups (broad SMARTS) is 3. The molecule has 0 saturated carbocycles. The van der Waals surface area contributed by atoms with Crippen molar-refractivity contribution < 1.29 is 73.6 Å². The van der Waals surface area contributed by atoms with Gasteiger partial charge in [0.05, 0.1) is 29.3 Å². The minimum atomic E-state index is -5.08. The number of anilines is 3. The summed E-state index contributed by atoms with van der Waals surface area (Å²) in [5, 5.41) is 29.3. The third-order valence-corrected chi connectivity index (χ3v) is 6.39. The second kappa shape index (κ2) is 17.4. The van der Waals surface area contributed by atoms with Gasteiger partial charge >= 0.3 is 36.4 Å². The second-order valence-electron chi connectivity index (χ2n) is 10.2. The highest BCUT2D eigenvalue weighted by Gasteiger charge is 2.39. The SMILES string of the molecule is C[C@H]1CC[C@@H](N)CN1c1ccncc1Nc1ncc2ccc(-c3ncccc3F)nn12.O=C(O)C(F)(F)F.O=C(O)C(F)(F)F.O=C(O)C(F)(F)F. The molecule has 24 heteroatoms. The minimum absolute atomic E-state index is 0.141. The first-order valence-corrected chi connectivity index (χ1v) is 14.0. The molecule has 0 amide bonds. The zero-order valence-electron chi connectivity index (χ0n) is 26.1. The maximum absolute atomic E-state index is 14.2. The number of fused-ring (bicyclic) bond motifs is 1. The Morgan fingerprint density at radius 3 is 1.90 bits per heavy atom. The molecule has 0 aromatic carbocycles. The van der Waals surface area contributed by atoms with Gasteiger partial charge in [-0.1, -0.05) is 0 Å². The van der Waals surface area contributed by atoms with Crippen LogP contribution in [0.4, 0.5) is 61.2 Å². The topological polar surface area (TPSA) is 209 Å². The fourth-order valence-electron chi connectivity index (χ4n) is 3.99. The van der Waals surface area contributed by atoms with Crippen LogP contribution in [0.2, 0.25) is 0 Å². The molecule has 14 nitrogen and oxygen atoms in total. The van der Waals surface area contributed by atoms with Gasteiger partial charge in [0.15, 0.2) is 5.82 Å². The zero-order valence-corrected chi connectivity index (χ0v) is 26.1. The Morgan fingerprint density at radius 2 is 1.38 bits per heavy atom. The molecule has 1 aliphatic heterocycles. The van der Waals surface area contributed by atoms with E-state index in [9.17, 15) is 43.9 Å². The molecule has 6 N–H and O–H groups in total. The Bertz CT molecular complexity index is 1780. The largest absolute Gasteiger partial charge is 0.490 e. The highest BCUT2D eigenvalue weighted by Crippen LogP contribution is 2.32. The van der Waals surface area contributed by atoms with E-state index in [-0.39, 0.29) is 11.7 Å². The van der Waals surface area contributed by atoms with Gasteiger partial charge in [0.2, 0.25) is 5.95 Å². The van der Waals surface area contributed by atoms with Crippen LogP contribution >= 0.6 is 0 Å². The van der Waals surface area contributed by atoms with Crippen molar-refractivity contribution in [1.82, 2.24) is 24.6 Å². The van der Waals surface area contributed by atoms with E-state index in [0.717, 1.165) is 36.3 Å². The number of aromatic nitrogens is 5. The zero-order chi connectivity index (χ0) is 39.6. The number of halogens is 10. The average molecular weight is 761 g/mol. The summed E-state index contributed by atoms with van der Waals surface area (Å²) in [6.07, 6.45) is -6.39. The van der Waals surface area contributed by atoms with E-state index in [4.69, 9.17) is 35.4 Å². The fraction of sp³-hybridized carbons (Fsp3) is 0.321. The van der Waals surface area contributed by atoms with E-state index in [1.807, 2.05) is 12.1 Å². The monoisotopic (exact) mass is 760 g/mol. The first-order chi connectivity index (χ1) is 23.9. The number of nitrogens with zero attached hydrogens (tertiary/aromatic N) is 6. The standard InChI is InChI=1S/C22H23FN8.3C2HF3O2/c1-14-4-5-15(24)13-30(14)20-8-10-25-12-19(20)28-22-27-11-16-6-7-18(29-31(16)22)21-17(23)3-2-9-26-21;3*3-2(4,5)1(6)7/h2-3,6-12,14-15H,4-5,13,24H2,1H3,(H,27,28);3*(H,6,7)/t14-,15+;;;/m0.../s1. The fourth-order valence-corrected chi connectivity index (χ4v) is 3.99. The summed E-state index contributed by atoms with van der Waals surface area (Å²) in [7, 11) is 0. The number of rotatable bonds is 4. The van der Waals surface area contributed by atoms with Crippen molar-refractivity contribution in [3.8, 4) is 11.4 Å². The smallest absolute Gasteiger partial charge is 0.475 e. The normalized spacial score (nSPS) is 15.9. The van der Waals surface area contributed by atoms with Gasteiger partial charge < -0.3 is 31.3 Å². The Balaban J connectivity index is 0.000000365. The maximum Gasteiger partial charge on any atom is 0.490 e. The van der Waals surface area contributed by atoms with Crippen LogP contribution in [0, 0.1) is 5.82 Å². The van der Waals surface area contributed by atoms with Gasteiger partial charge in [-0.15, -0.1) is 0 Å². The molecule has 1 saturated heterocycles. The van der Waals surface area contributed by atoms with Crippen molar-refractivity contribution in [2.45, 2.75) is 50.4 Å². The van der Waals surface area contributed by atoms with E-state index in [0.29, 0.717) is 17.7 Å². The predicted molar refractivity (Wildman–Crippen MR) is 159 cm³/mol. The lowest BCUT2D eigenvalue weighted by molar-refractivity contribution is -0.193. The van der Waals surface area contributed by atoms with Crippen molar-refractivity contribution in [3.05, 3.63) is 60.9 Å². The highest BCUT2D eigenvalue weighted by atomic mass is 19.4. The second-order valence-corrected chi connectivity index (χ2v) is 10.2. The molecule has 5 rings (SSSR count). The van der Waals surface area contributed by atoms with E-state index < -0.39 is 42.3 Å². The van der Waals surface area contributed by atoms with E-state index in [2.05, 4.69) is 37.2 Å². The summed E-state index contributed by atoms with van der Waals surface area (Å²) in [4.78, 5) is 41.9. The van der Waals surface area contributed by atoms with Crippen LogP contribution in [0.25, 0.3) is 16.9 Å².